The summed E-state index contributed by atoms with van der Waals surface area (Å²) in [5.41, 5.74) is 11.4. The molecule has 0 amide bonds. The van der Waals surface area contributed by atoms with Crippen LogP contribution in [0, 0.1) is 11.8 Å². The van der Waals surface area contributed by atoms with Crippen molar-refractivity contribution < 1.29 is 0 Å². The van der Waals surface area contributed by atoms with E-state index in [9.17, 15) is 0 Å². The van der Waals surface area contributed by atoms with Crippen molar-refractivity contribution in [1.82, 2.24) is 9.55 Å². The molecule has 3 heteroatoms. The molecule has 1 fully saturated rings. The Kier molecular flexibility index (Phi) is 6.55. The number of hydrogen-bond donors (Lipinski definition) is 0. The van der Waals surface area contributed by atoms with E-state index < -0.39 is 0 Å². The zero-order valence-corrected chi connectivity index (χ0v) is 27.4. The third-order valence-electron chi connectivity index (χ3n) is 10.7. The Morgan fingerprint density at radius 2 is 1.60 bits per heavy atom. The largest absolute Gasteiger partial charge is 0.310 e. The first-order valence-corrected chi connectivity index (χ1v) is 18.0. The fourth-order valence-corrected chi connectivity index (χ4v) is 9.95. The van der Waals surface area contributed by atoms with E-state index in [2.05, 4.69) is 168 Å². The molecule has 1 saturated heterocycles. The van der Waals surface area contributed by atoms with Gasteiger partial charge in [-0.15, -0.1) is 11.8 Å². The molecule has 0 N–H and O–H groups in total. The molecule has 0 radical (unpaired) electrons. The summed E-state index contributed by atoms with van der Waals surface area (Å²) in [6.07, 6.45) is 22.9. The van der Waals surface area contributed by atoms with Gasteiger partial charge in [-0.2, -0.15) is 0 Å². The fourth-order valence-electron chi connectivity index (χ4n) is 8.41. The van der Waals surface area contributed by atoms with Gasteiger partial charge < -0.3 is 4.57 Å². The number of allylic oxidation sites excluding steroid dienone is 8. The predicted octanol–water partition coefficient (Wildman–Crippen LogP) is 11.3. The average Bonchev–Trinajstić information content (AvgIpc) is 3.70. The quantitative estimate of drug-likeness (QED) is 0.192. The maximum absolute atomic E-state index is 4.82. The smallest absolute Gasteiger partial charge is 0.0780 e. The van der Waals surface area contributed by atoms with Crippen LogP contribution in [0.5, 0.6) is 0 Å². The normalized spacial score (nSPS) is 22.3. The van der Waals surface area contributed by atoms with E-state index in [1.165, 1.54) is 60.9 Å². The second-order valence-corrected chi connectivity index (χ2v) is 14.7. The lowest BCUT2D eigenvalue weighted by atomic mass is 9.81. The topological polar surface area (TPSA) is 17.8 Å². The Morgan fingerprint density at radius 1 is 0.750 bits per heavy atom. The maximum atomic E-state index is 4.82. The molecule has 230 valence electrons. The Balaban J connectivity index is 1.00. The Morgan fingerprint density at radius 3 is 2.58 bits per heavy atom. The van der Waals surface area contributed by atoms with Crippen LogP contribution in [-0.2, 0) is 6.42 Å². The average molecular weight is 635 g/mol. The molecule has 0 bridgehead atoms. The molecule has 10 rings (SSSR count). The molecule has 0 saturated carbocycles. The lowest BCUT2D eigenvalue weighted by Gasteiger charge is -2.23. The highest BCUT2D eigenvalue weighted by Crippen LogP contribution is 2.53. The van der Waals surface area contributed by atoms with Crippen LogP contribution in [0.4, 0.5) is 0 Å². The van der Waals surface area contributed by atoms with Crippen molar-refractivity contribution in [3.63, 3.8) is 0 Å². The van der Waals surface area contributed by atoms with E-state index >= 15 is 0 Å². The van der Waals surface area contributed by atoms with Gasteiger partial charge in [0.25, 0.3) is 0 Å². The molecule has 0 spiro atoms. The van der Waals surface area contributed by atoms with Gasteiger partial charge in [0.1, 0.15) is 0 Å². The number of benzene rings is 4. The monoisotopic (exact) mass is 634 g/mol. The predicted molar refractivity (Wildman–Crippen MR) is 203 cm³/mol. The van der Waals surface area contributed by atoms with Gasteiger partial charge in [0.2, 0.25) is 0 Å². The van der Waals surface area contributed by atoms with E-state index in [4.69, 9.17) is 4.98 Å². The van der Waals surface area contributed by atoms with Gasteiger partial charge in [-0.05, 0) is 87.9 Å². The molecule has 48 heavy (non-hydrogen) atoms. The lowest BCUT2D eigenvalue weighted by molar-refractivity contribution is 0.501. The van der Waals surface area contributed by atoms with Crippen LogP contribution < -0.4 is 0 Å². The summed E-state index contributed by atoms with van der Waals surface area (Å²) in [5.74, 6) is 1.54. The first-order valence-electron chi connectivity index (χ1n) is 17.1. The van der Waals surface area contributed by atoms with E-state index in [-0.39, 0.29) is 0 Å². The molecule has 3 aliphatic carbocycles. The Hall–Kier alpha value is -5.12. The van der Waals surface area contributed by atoms with Crippen LogP contribution in [-0.4, -0.2) is 14.8 Å². The Bertz CT molecular complexity index is 2410. The standard InChI is InChI=1S/C45H34N2S/c1-2-14-36-29(9-1)23-24-46-45(36)34-12-7-10-30(25-34)32-20-22-42-40(27-32)37-15-3-5-17-41(37)47(42)35-13-8-11-31(26-35)33-19-21-39-38-16-4-6-18-43(38)48-44(39)28-33/h1-20,22-26,28,32,38-39,43H,21,27H2/t32?,38?,39-,43?/m0/s1. The highest BCUT2D eigenvalue weighted by Gasteiger charge is 2.39. The summed E-state index contributed by atoms with van der Waals surface area (Å²) < 4.78 is 2.48. The van der Waals surface area contributed by atoms with Gasteiger partial charge in [0, 0.05) is 56.9 Å². The third-order valence-corrected chi connectivity index (χ3v) is 12.2. The molecule has 4 aromatic carbocycles. The molecular weight excluding hydrogens is 601 g/mol. The zero-order chi connectivity index (χ0) is 31.6. The van der Waals surface area contributed by atoms with Crippen LogP contribution in [0.2, 0.25) is 0 Å². The zero-order valence-electron chi connectivity index (χ0n) is 26.5. The number of thioether (sulfide) groups is 1. The van der Waals surface area contributed by atoms with Gasteiger partial charge in [-0.3, -0.25) is 4.98 Å². The van der Waals surface area contributed by atoms with Crippen molar-refractivity contribution in [2.24, 2.45) is 11.8 Å². The minimum Gasteiger partial charge on any atom is -0.310 e. The van der Waals surface area contributed by atoms with E-state index in [0.717, 1.165) is 18.5 Å². The lowest BCUT2D eigenvalue weighted by Crippen LogP contribution is -2.17. The van der Waals surface area contributed by atoms with Crippen LogP contribution >= 0.6 is 11.8 Å². The summed E-state index contributed by atoms with van der Waals surface area (Å²) in [6, 6.07) is 37.7. The number of pyridine rings is 1. The van der Waals surface area contributed by atoms with Crippen LogP contribution in [0.15, 0.2) is 157 Å². The number of para-hydroxylation sites is 1. The molecule has 4 aliphatic rings. The second kappa shape index (κ2) is 11.2. The van der Waals surface area contributed by atoms with Crippen molar-refractivity contribution in [2.75, 3.05) is 0 Å². The van der Waals surface area contributed by atoms with Crippen molar-refractivity contribution in [3.8, 4) is 16.9 Å². The van der Waals surface area contributed by atoms with Gasteiger partial charge in [-0.1, -0.05) is 109 Å². The minimum atomic E-state index is 0.294. The summed E-state index contributed by atoms with van der Waals surface area (Å²) in [7, 11) is 0. The van der Waals surface area contributed by atoms with Gasteiger partial charge >= 0.3 is 0 Å². The van der Waals surface area contributed by atoms with E-state index in [1.807, 2.05) is 6.20 Å². The molecule has 2 nitrogen and oxygen atoms in total. The molecule has 2 aromatic heterocycles. The molecule has 3 unspecified atom stereocenters. The summed E-state index contributed by atoms with van der Waals surface area (Å²) in [5, 5.41) is 4.33. The second-order valence-electron chi connectivity index (χ2n) is 13.4. The molecule has 6 aromatic rings. The van der Waals surface area contributed by atoms with Crippen LogP contribution in [0.3, 0.4) is 0 Å². The summed E-state index contributed by atoms with van der Waals surface area (Å²) in [6.45, 7) is 0. The third kappa shape index (κ3) is 4.52. The van der Waals surface area contributed by atoms with E-state index in [1.54, 1.807) is 4.91 Å². The number of rotatable bonds is 4. The maximum Gasteiger partial charge on any atom is 0.0780 e. The van der Waals surface area contributed by atoms with Crippen molar-refractivity contribution in [2.45, 2.75) is 24.0 Å². The van der Waals surface area contributed by atoms with Gasteiger partial charge in [0.15, 0.2) is 0 Å². The van der Waals surface area contributed by atoms with Crippen LogP contribution in [0.25, 0.3) is 50.3 Å². The number of fused-ring (bicyclic) bond motifs is 7. The summed E-state index contributed by atoms with van der Waals surface area (Å²) >= 11 is 2.06. The molecular formula is C45H34N2S. The number of nitrogens with zero attached hydrogens (tertiary/aromatic N) is 2. The minimum absolute atomic E-state index is 0.294. The number of aromatic nitrogens is 2. The Labute approximate surface area is 285 Å². The van der Waals surface area contributed by atoms with Gasteiger partial charge in [-0.25, -0.2) is 0 Å². The summed E-state index contributed by atoms with van der Waals surface area (Å²) in [4.78, 5) is 6.36. The molecule has 4 atom stereocenters. The highest BCUT2D eigenvalue weighted by molar-refractivity contribution is 8.04. The molecule has 1 aliphatic heterocycles. The SMILES string of the molecule is C1=CC2SC3=CC(c4cccc(-n5c6c(c7ccccc75)CC(c5cccc(-c7nccc8ccccc78)c5)C=C6)c4)=CC[C@H]3C2C=C1. The van der Waals surface area contributed by atoms with E-state index in [0.29, 0.717) is 23.0 Å². The molecule has 3 heterocycles. The van der Waals surface area contributed by atoms with Crippen LogP contribution in [0.1, 0.15) is 34.7 Å². The van der Waals surface area contributed by atoms with Crippen molar-refractivity contribution >= 4 is 45.1 Å². The highest BCUT2D eigenvalue weighted by atomic mass is 32.2. The first kappa shape index (κ1) is 27.9. The van der Waals surface area contributed by atoms with Gasteiger partial charge in [0.05, 0.1) is 11.2 Å². The van der Waals surface area contributed by atoms with Crippen molar-refractivity contribution in [1.29, 1.82) is 0 Å². The fraction of sp³-hybridized carbons (Fsp3) is 0.133. The van der Waals surface area contributed by atoms with Crippen molar-refractivity contribution in [3.05, 3.63) is 179 Å². The first-order chi connectivity index (χ1) is 23.8. The number of hydrogen-bond acceptors (Lipinski definition) is 2.